The van der Waals surface area contributed by atoms with E-state index in [9.17, 15) is 0 Å². The molecule has 2 heteroatoms. The molecule has 88 valence electrons. The highest BCUT2D eigenvalue weighted by atomic mass is 16.5. The van der Waals surface area contributed by atoms with Gasteiger partial charge in [-0.3, -0.25) is 0 Å². The lowest BCUT2D eigenvalue weighted by atomic mass is 9.79. The summed E-state index contributed by atoms with van der Waals surface area (Å²) in [4.78, 5) is 0. The van der Waals surface area contributed by atoms with Crippen LogP contribution in [0.4, 0.5) is 0 Å². The van der Waals surface area contributed by atoms with Gasteiger partial charge in [-0.1, -0.05) is 37.1 Å². The fourth-order valence-corrected chi connectivity index (χ4v) is 3.73. The first kappa shape index (κ1) is 9.58. The van der Waals surface area contributed by atoms with Gasteiger partial charge in [-0.15, -0.1) is 0 Å². The third-order valence-electron chi connectivity index (χ3n) is 4.57. The number of hydrogen-bond acceptors (Lipinski definition) is 2. The van der Waals surface area contributed by atoms with Crippen LogP contribution in [0, 0.1) is 0 Å². The molecular formula is C15H17NO. The van der Waals surface area contributed by atoms with E-state index in [0.717, 1.165) is 5.75 Å². The van der Waals surface area contributed by atoms with Crippen molar-refractivity contribution in [2.45, 2.75) is 43.2 Å². The van der Waals surface area contributed by atoms with Gasteiger partial charge < -0.3 is 10.1 Å². The van der Waals surface area contributed by atoms with E-state index in [1.54, 1.807) is 0 Å². The van der Waals surface area contributed by atoms with Gasteiger partial charge in [0.05, 0.1) is 5.54 Å². The Morgan fingerprint density at radius 2 is 2.00 bits per heavy atom. The lowest BCUT2D eigenvalue weighted by molar-refractivity contribution is 0.0966. The number of nitrogens with one attached hydrogen (secondary N) is 1. The zero-order chi connectivity index (χ0) is 11.3. The Hall–Kier alpha value is -1.44. The van der Waals surface area contributed by atoms with Crippen molar-refractivity contribution in [3.05, 3.63) is 42.1 Å². The van der Waals surface area contributed by atoms with E-state index >= 15 is 0 Å². The molecule has 17 heavy (non-hydrogen) atoms. The van der Waals surface area contributed by atoms with Crippen LogP contribution in [0.2, 0.25) is 0 Å². The van der Waals surface area contributed by atoms with E-state index in [2.05, 4.69) is 41.9 Å². The van der Waals surface area contributed by atoms with Crippen molar-refractivity contribution in [3.63, 3.8) is 0 Å². The standard InChI is InChI=1S/C15H17NO/c1-2-6-13-11(5-1)12-7-10-16-15(14(12)17-13)8-3-4-9-15/h1-2,5-7,10,12,14,16H,3-4,8-9H2. The normalized spacial score (nSPS) is 31.8. The quantitative estimate of drug-likeness (QED) is 0.735. The fourth-order valence-electron chi connectivity index (χ4n) is 3.73. The zero-order valence-corrected chi connectivity index (χ0v) is 9.86. The summed E-state index contributed by atoms with van der Waals surface area (Å²) in [6.07, 6.45) is 9.84. The summed E-state index contributed by atoms with van der Waals surface area (Å²) in [6, 6.07) is 8.48. The molecule has 0 radical (unpaired) electrons. The van der Waals surface area contributed by atoms with Gasteiger partial charge in [-0.25, -0.2) is 0 Å². The average Bonchev–Trinajstić information content (AvgIpc) is 2.96. The molecule has 0 bridgehead atoms. The van der Waals surface area contributed by atoms with Crippen LogP contribution in [0.3, 0.4) is 0 Å². The zero-order valence-electron chi connectivity index (χ0n) is 9.86. The van der Waals surface area contributed by atoms with Crippen molar-refractivity contribution in [3.8, 4) is 5.75 Å². The van der Waals surface area contributed by atoms with E-state index < -0.39 is 0 Å². The fraction of sp³-hybridized carbons (Fsp3) is 0.467. The molecular weight excluding hydrogens is 210 g/mol. The minimum atomic E-state index is 0.193. The van der Waals surface area contributed by atoms with Crippen molar-refractivity contribution < 1.29 is 4.74 Å². The van der Waals surface area contributed by atoms with Crippen molar-refractivity contribution in [2.75, 3.05) is 0 Å². The Morgan fingerprint density at radius 3 is 2.88 bits per heavy atom. The monoisotopic (exact) mass is 227 g/mol. The minimum absolute atomic E-state index is 0.193. The van der Waals surface area contributed by atoms with Gasteiger partial charge in [-0.2, -0.15) is 0 Å². The van der Waals surface area contributed by atoms with Crippen LogP contribution in [0.25, 0.3) is 0 Å². The second-order valence-electron chi connectivity index (χ2n) is 5.47. The smallest absolute Gasteiger partial charge is 0.132 e. The Kier molecular flexibility index (Phi) is 1.85. The highest BCUT2D eigenvalue weighted by Crippen LogP contribution is 2.49. The Bertz CT molecular complexity index is 474. The summed E-state index contributed by atoms with van der Waals surface area (Å²) in [7, 11) is 0. The van der Waals surface area contributed by atoms with Gasteiger partial charge in [0.2, 0.25) is 0 Å². The molecule has 1 saturated carbocycles. The Morgan fingerprint density at radius 1 is 1.18 bits per heavy atom. The highest BCUT2D eigenvalue weighted by molar-refractivity contribution is 5.46. The first-order chi connectivity index (χ1) is 8.39. The minimum Gasteiger partial charge on any atom is -0.487 e. The molecule has 1 spiro atoms. The van der Waals surface area contributed by atoms with E-state index in [1.807, 2.05) is 0 Å². The van der Waals surface area contributed by atoms with Crippen LogP contribution < -0.4 is 10.1 Å². The van der Waals surface area contributed by atoms with E-state index in [1.165, 1.54) is 31.2 Å². The summed E-state index contributed by atoms with van der Waals surface area (Å²) in [5, 5.41) is 3.60. The first-order valence-electron chi connectivity index (χ1n) is 6.59. The van der Waals surface area contributed by atoms with Crippen LogP contribution in [-0.2, 0) is 0 Å². The average molecular weight is 227 g/mol. The predicted octanol–water partition coefficient (Wildman–Crippen LogP) is 2.96. The van der Waals surface area contributed by atoms with Crippen LogP contribution in [0.15, 0.2) is 36.5 Å². The van der Waals surface area contributed by atoms with E-state index in [-0.39, 0.29) is 5.54 Å². The van der Waals surface area contributed by atoms with Crippen LogP contribution in [0.5, 0.6) is 5.75 Å². The molecule has 2 heterocycles. The van der Waals surface area contributed by atoms with Gasteiger partial charge in [0.25, 0.3) is 0 Å². The molecule has 4 rings (SSSR count). The van der Waals surface area contributed by atoms with Gasteiger partial charge in [0.15, 0.2) is 0 Å². The first-order valence-corrected chi connectivity index (χ1v) is 6.59. The van der Waals surface area contributed by atoms with E-state index in [4.69, 9.17) is 4.74 Å². The SMILES string of the molecule is C1=CC2c3ccccc3OC2C2(CCCC2)N1. The summed E-state index contributed by atoms with van der Waals surface area (Å²) in [5.41, 5.74) is 1.56. The summed E-state index contributed by atoms with van der Waals surface area (Å²) >= 11 is 0. The molecule has 1 aromatic carbocycles. The molecule has 1 N–H and O–H groups in total. The molecule has 0 saturated heterocycles. The molecule has 0 aromatic heterocycles. The number of fused-ring (bicyclic) bond motifs is 4. The lowest BCUT2D eigenvalue weighted by Gasteiger charge is -2.40. The van der Waals surface area contributed by atoms with Crippen molar-refractivity contribution in [2.24, 2.45) is 0 Å². The third kappa shape index (κ3) is 1.21. The number of rotatable bonds is 0. The van der Waals surface area contributed by atoms with Crippen molar-refractivity contribution in [1.82, 2.24) is 5.32 Å². The second-order valence-corrected chi connectivity index (χ2v) is 5.47. The number of ether oxygens (including phenoxy) is 1. The maximum atomic E-state index is 6.23. The summed E-state index contributed by atoms with van der Waals surface area (Å²) in [6.45, 7) is 0. The highest BCUT2D eigenvalue weighted by Gasteiger charge is 2.50. The third-order valence-corrected chi connectivity index (χ3v) is 4.57. The van der Waals surface area contributed by atoms with Crippen molar-refractivity contribution >= 4 is 0 Å². The molecule has 1 aromatic rings. The number of hydrogen-bond donors (Lipinski definition) is 1. The molecule has 2 aliphatic heterocycles. The Balaban J connectivity index is 1.79. The van der Waals surface area contributed by atoms with Crippen molar-refractivity contribution in [1.29, 1.82) is 0 Å². The molecule has 2 unspecified atom stereocenters. The molecule has 0 amide bonds. The van der Waals surface area contributed by atoms with Gasteiger partial charge >= 0.3 is 0 Å². The topological polar surface area (TPSA) is 21.3 Å². The summed E-state index contributed by atoms with van der Waals surface area (Å²) < 4.78 is 6.23. The maximum Gasteiger partial charge on any atom is 0.132 e. The van der Waals surface area contributed by atoms with Gasteiger partial charge in [-0.05, 0) is 25.1 Å². The molecule has 3 aliphatic rings. The predicted molar refractivity (Wildman–Crippen MR) is 67.1 cm³/mol. The number of para-hydroxylation sites is 1. The molecule has 2 atom stereocenters. The second kappa shape index (κ2) is 3.28. The van der Waals surface area contributed by atoms with E-state index in [0.29, 0.717) is 12.0 Å². The van der Waals surface area contributed by atoms with Crippen LogP contribution in [-0.4, -0.2) is 11.6 Å². The maximum absolute atomic E-state index is 6.23. The molecule has 1 fully saturated rings. The Labute approximate surface area is 102 Å². The van der Waals surface area contributed by atoms with Gasteiger partial charge in [0.1, 0.15) is 11.9 Å². The van der Waals surface area contributed by atoms with Gasteiger partial charge in [0, 0.05) is 11.5 Å². The van der Waals surface area contributed by atoms with Crippen LogP contribution >= 0.6 is 0 Å². The van der Waals surface area contributed by atoms with Crippen LogP contribution in [0.1, 0.15) is 37.2 Å². The number of benzene rings is 1. The largest absolute Gasteiger partial charge is 0.487 e. The lowest BCUT2D eigenvalue weighted by Crippen LogP contribution is -2.55. The molecule has 1 aliphatic carbocycles. The summed E-state index contributed by atoms with van der Waals surface area (Å²) in [5.74, 6) is 1.53. The molecule has 2 nitrogen and oxygen atoms in total.